The zero-order valence-electron chi connectivity index (χ0n) is 9.51. The summed E-state index contributed by atoms with van der Waals surface area (Å²) in [4.78, 5) is 0. The van der Waals surface area contributed by atoms with Crippen molar-refractivity contribution in [2.24, 2.45) is 5.73 Å². The Hall–Kier alpha value is -2.28. The quantitative estimate of drug-likeness (QED) is 0.826. The molecule has 0 aliphatic rings. The van der Waals surface area contributed by atoms with Gasteiger partial charge in [0.1, 0.15) is 12.4 Å². The molecular formula is C11H12FN5O. The number of benzene rings is 1. The molecule has 0 atom stereocenters. The molecule has 0 fully saturated rings. The summed E-state index contributed by atoms with van der Waals surface area (Å²) in [6.45, 7) is 0.270. The van der Waals surface area contributed by atoms with Crippen molar-refractivity contribution >= 4 is 0 Å². The maximum absolute atomic E-state index is 12.3. The van der Waals surface area contributed by atoms with E-state index in [1.54, 1.807) is 24.3 Å². The van der Waals surface area contributed by atoms with E-state index in [0.717, 1.165) is 5.56 Å². The van der Waals surface area contributed by atoms with Crippen molar-refractivity contribution < 1.29 is 9.13 Å². The fourth-order valence-corrected chi connectivity index (χ4v) is 1.30. The Labute approximate surface area is 103 Å². The van der Waals surface area contributed by atoms with Crippen LogP contribution >= 0.6 is 0 Å². The summed E-state index contributed by atoms with van der Waals surface area (Å²) in [6.07, 6.45) is 0.466. The first kappa shape index (κ1) is 12.2. The number of nitrogens with zero attached hydrogens (tertiary/aromatic N) is 3. The Morgan fingerprint density at radius 2 is 2.17 bits per heavy atom. The lowest BCUT2D eigenvalue weighted by atomic mass is 10.2. The van der Waals surface area contributed by atoms with E-state index in [9.17, 15) is 4.39 Å². The number of aromatic amines is 1. The van der Waals surface area contributed by atoms with Crippen LogP contribution in [0.4, 0.5) is 4.39 Å². The highest BCUT2D eigenvalue weighted by Crippen LogP contribution is 2.18. The largest absolute Gasteiger partial charge is 0.489 e. The molecule has 6 nitrogen and oxygen atoms in total. The molecule has 0 saturated heterocycles. The van der Waals surface area contributed by atoms with Crippen LogP contribution in [0.5, 0.6) is 5.75 Å². The van der Waals surface area contributed by atoms with Gasteiger partial charge in [0.05, 0.1) is 6.33 Å². The van der Waals surface area contributed by atoms with E-state index in [2.05, 4.69) is 20.6 Å². The number of nitrogens with two attached hydrogens (primary N) is 1. The molecule has 0 amide bonds. The van der Waals surface area contributed by atoms with Crippen molar-refractivity contribution in [2.75, 3.05) is 13.2 Å². The molecule has 0 bridgehead atoms. The molecule has 7 heteroatoms. The molecule has 1 aromatic heterocycles. The third-order valence-corrected chi connectivity index (χ3v) is 2.30. The summed E-state index contributed by atoms with van der Waals surface area (Å²) in [5, 5.41) is 13.6. The van der Waals surface area contributed by atoms with Crippen LogP contribution < -0.4 is 10.5 Å². The third-order valence-electron chi connectivity index (χ3n) is 2.30. The molecule has 2 rings (SSSR count). The number of aromatic nitrogens is 4. The van der Waals surface area contributed by atoms with Gasteiger partial charge in [-0.2, -0.15) is 5.21 Å². The van der Waals surface area contributed by atoms with Gasteiger partial charge in [-0.25, -0.2) is 4.39 Å². The molecule has 18 heavy (non-hydrogen) atoms. The van der Waals surface area contributed by atoms with Crippen molar-refractivity contribution in [2.45, 2.75) is 0 Å². The normalized spacial score (nSPS) is 11.6. The van der Waals surface area contributed by atoms with E-state index in [1.165, 1.54) is 0 Å². The first-order chi connectivity index (χ1) is 8.83. The molecule has 0 saturated carbocycles. The minimum absolute atomic E-state index is 0.133. The minimum Gasteiger partial charge on any atom is -0.489 e. The second-order valence-electron chi connectivity index (χ2n) is 3.52. The number of halogens is 1. The second-order valence-corrected chi connectivity index (χ2v) is 3.52. The highest BCUT2D eigenvalue weighted by atomic mass is 19.1. The fourth-order valence-electron chi connectivity index (χ4n) is 1.30. The van der Waals surface area contributed by atoms with Crippen LogP contribution in [0.25, 0.3) is 11.4 Å². The van der Waals surface area contributed by atoms with Crippen LogP contribution in [0.1, 0.15) is 0 Å². The van der Waals surface area contributed by atoms with Gasteiger partial charge in [0.2, 0.25) is 5.82 Å². The van der Waals surface area contributed by atoms with Gasteiger partial charge in [-0.1, -0.05) is 0 Å². The summed E-state index contributed by atoms with van der Waals surface area (Å²) in [6, 6.07) is 7.08. The van der Waals surface area contributed by atoms with Crippen LogP contribution in [0.15, 0.2) is 36.2 Å². The number of hydrogen-bond donors (Lipinski definition) is 2. The Balaban J connectivity index is 2.00. The molecule has 3 N–H and O–H groups in total. The predicted octanol–water partition coefficient (Wildman–Crippen LogP) is 1.06. The van der Waals surface area contributed by atoms with E-state index in [0.29, 0.717) is 23.5 Å². The van der Waals surface area contributed by atoms with Gasteiger partial charge in [0.15, 0.2) is 0 Å². The highest BCUT2D eigenvalue weighted by molar-refractivity contribution is 5.54. The molecule has 2 aromatic rings. The summed E-state index contributed by atoms with van der Waals surface area (Å²) in [5.74, 6) is 1.13. The average Bonchev–Trinajstić information content (AvgIpc) is 2.94. The van der Waals surface area contributed by atoms with Gasteiger partial charge in [-0.3, -0.25) is 0 Å². The number of tetrazole rings is 1. The van der Waals surface area contributed by atoms with E-state index in [-0.39, 0.29) is 13.2 Å². The predicted molar refractivity (Wildman–Crippen MR) is 63.4 cm³/mol. The van der Waals surface area contributed by atoms with Crippen molar-refractivity contribution in [3.63, 3.8) is 0 Å². The summed E-state index contributed by atoms with van der Waals surface area (Å²) >= 11 is 0. The maximum Gasteiger partial charge on any atom is 0.204 e. The van der Waals surface area contributed by atoms with Gasteiger partial charge in [-0.05, 0) is 29.5 Å². The van der Waals surface area contributed by atoms with Gasteiger partial charge < -0.3 is 10.5 Å². The number of nitrogens with one attached hydrogen (secondary N) is 1. The standard InChI is InChI=1S/C11H12FN5O/c12-5-8(6-13)7-18-10-3-1-9(2-4-10)11-14-16-17-15-11/h1-5H,6-7,13H2,(H,14,15,16,17)/b8-5-. The Morgan fingerprint density at radius 3 is 2.72 bits per heavy atom. The summed E-state index contributed by atoms with van der Waals surface area (Å²) in [7, 11) is 0. The van der Waals surface area contributed by atoms with E-state index in [1.807, 2.05) is 0 Å². The van der Waals surface area contributed by atoms with Gasteiger partial charge in [0.25, 0.3) is 0 Å². The number of H-pyrrole nitrogens is 1. The smallest absolute Gasteiger partial charge is 0.204 e. The van der Waals surface area contributed by atoms with E-state index in [4.69, 9.17) is 10.5 Å². The molecule has 0 aliphatic heterocycles. The Morgan fingerprint density at radius 1 is 1.39 bits per heavy atom. The minimum atomic E-state index is 0.133. The monoisotopic (exact) mass is 249 g/mol. The third kappa shape index (κ3) is 2.89. The van der Waals surface area contributed by atoms with Crippen LogP contribution in [0.2, 0.25) is 0 Å². The van der Waals surface area contributed by atoms with Crippen molar-refractivity contribution in [1.82, 2.24) is 20.6 Å². The molecule has 1 aromatic carbocycles. The number of hydrogen-bond acceptors (Lipinski definition) is 5. The van der Waals surface area contributed by atoms with Crippen molar-refractivity contribution in [3.8, 4) is 17.1 Å². The average molecular weight is 249 g/mol. The molecule has 94 valence electrons. The maximum atomic E-state index is 12.3. The molecule has 1 heterocycles. The van der Waals surface area contributed by atoms with E-state index < -0.39 is 0 Å². The second kappa shape index (κ2) is 5.87. The SMILES string of the molecule is NC/C(=C/F)COc1ccc(-c2nn[nH]n2)cc1. The zero-order chi connectivity index (χ0) is 12.8. The fraction of sp³-hybridized carbons (Fsp3) is 0.182. The van der Waals surface area contributed by atoms with Gasteiger partial charge in [-0.15, -0.1) is 10.2 Å². The summed E-state index contributed by atoms with van der Waals surface area (Å²) < 4.78 is 17.6. The van der Waals surface area contributed by atoms with Crippen LogP contribution in [-0.4, -0.2) is 33.8 Å². The van der Waals surface area contributed by atoms with Crippen LogP contribution in [0, 0.1) is 0 Å². The summed E-state index contributed by atoms with van der Waals surface area (Å²) in [5.41, 5.74) is 6.54. The van der Waals surface area contributed by atoms with Gasteiger partial charge >= 0.3 is 0 Å². The highest BCUT2D eigenvalue weighted by Gasteiger charge is 2.03. The van der Waals surface area contributed by atoms with Crippen molar-refractivity contribution in [1.29, 1.82) is 0 Å². The lowest BCUT2D eigenvalue weighted by Gasteiger charge is -2.07. The molecule has 0 unspecified atom stereocenters. The number of ether oxygens (including phenoxy) is 1. The molecular weight excluding hydrogens is 237 g/mol. The molecule has 0 radical (unpaired) electrons. The number of rotatable bonds is 5. The first-order valence-corrected chi connectivity index (χ1v) is 5.28. The van der Waals surface area contributed by atoms with Crippen molar-refractivity contribution in [3.05, 3.63) is 36.2 Å². The topological polar surface area (TPSA) is 89.7 Å². The lowest BCUT2D eigenvalue weighted by molar-refractivity contribution is 0.347. The van der Waals surface area contributed by atoms with E-state index >= 15 is 0 Å². The first-order valence-electron chi connectivity index (χ1n) is 5.28. The zero-order valence-corrected chi connectivity index (χ0v) is 9.51. The van der Waals surface area contributed by atoms with Gasteiger partial charge in [0, 0.05) is 17.7 Å². The Bertz CT molecular complexity index is 509. The molecule has 0 aliphatic carbocycles. The van der Waals surface area contributed by atoms with Crippen LogP contribution in [0.3, 0.4) is 0 Å². The van der Waals surface area contributed by atoms with Crippen LogP contribution in [-0.2, 0) is 0 Å². The Kier molecular flexibility index (Phi) is 3.98. The lowest BCUT2D eigenvalue weighted by Crippen LogP contribution is -2.10. The molecule has 0 spiro atoms.